The highest BCUT2D eigenvalue weighted by molar-refractivity contribution is 9.08. The van der Waals surface area contributed by atoms with Crippen molar-refractivity contribution in [3.05, 3.63) is 53.7 Å². The Balaban J connectivity index is 2.22. The van der Waals surface area contributed by atoms with Gasteiger partial charge in [-0.1, -0.05) is 34.1 Å². The van der Waals surface area contributed by atoms with Crippen molar-refractivity contribution >= 4 is 15.9 Å². The molecule has 0 unspecified atom stereocenters. The number of nitrogens with zero attached hydrogens (tertiary/aromatic N) is 1. The van der Waals surface area contributed by atoms with Crippen molar-refractivity contribution in [2.75, 3.05) is 0 Å². The molecule has 0 saturated heterocycles. The Bertz CT molecular complexity index is 471. The molecule has 2 rings (SSSR count). The normalized spacial score (nSPS) is 10.1. The van der Waals surface area contributed by atoms with Gasteiger partial charge in [-0.05, 0) is 30.7 Å². The molecule has 2 aromatic rings. The number of alkyl halides is 1. The van der Waals surface area contributed by atoms with E-state index in [9.17, 15) is 0 Å². The highest BCUT2D eigenvalue weighted by Crippen LogP contribution is 2.23. The molecule has 0 amide bonds. The lowest BCUT2D eigenvalue weighted by Gasteiger charge is -2.07. The number of para-hydroxylation sites is 1. The van der Waals surface area contributed by atoms with Gasteiger partial charge in [0, 0.05) is 17.1 Å². The van der Waals surface area contributed by atoms with Crippen LogP contribution in [0.15, 0.2) is 42.6 Å². The number of hydrogen-bond acceptors (Lipinski definition) is 2. The van der Waals surface area contributed by atoms with Crippen molar-refractivity contribution < 1.29 is 4.74 Å². The fourth-order valence-corrected chi connectivity index (χ4v) is 1.71. The number of halogens is 1. The maximum absolute atomic E-state index is 5.68. The summed E-state index contributed by atoms with van der Waals surface area (Å²) in [6.07, 6.45) is 1.82. The number of pyridine rings is 1. The Kier molecular flexibility index (Phi) is 3.57. The van der Waals surface area contributed by atoms with Crippen LogP contribution in [0.5, 0.6) is 11.6 Å². The molecule has 1 aromatic heterocycles. The summed E-state index contributed by atoms with van der Waals surface area (Å²) in [6, 6.07) is 11.7. The minimum atomic E-state index is 0.663. The van der Waals surface area contributed by atoms with E-state index in [2.05, 4.69) is 27.0 Å². The van der Waals surface area contributed by atoms with Gasteiger partial charge in [-0.3, -0.25) is 0 Å². The van der Waals surface area contributed by atoms with Crippen LogP contribution < -0.4 is 4.74 Å². The van der Waals surface area contributed by atoms with E-state index >= 15 is 0 Å². The fourth-order valence-electron chi connectivity index (χ4n) is 1.40. The van der Waals surface area contributed by atoms with Gasteiger partial charge in [-0.25, -0.2) is 4.98 Å². The molecule has 0 aliphatic carbocycles. The molecular formula is C13H12BrNO. The highest BCUT2D eigenvalue weighted by Gasteiger charge is 2.03. The number of rotatable bonds is 3. The number of ether oxygens (including phenoxy) is 1. The molecule has 16 heavy (non-hydrogen) atoms. The molecule has 1 heterocycles. The van der Waals surface area contributed by atoms with Crippen LogP contribution in [-0.4, -0.2) is 4.98 Å². The van der Waals surface area contributed by atoms with Crippen molar-refractivity contribution in [2.24, 2.45) is 0 Å². The van der Waals surface area contributed by atoms with Crippen molar-refractivity contribution in [1.29, 1.82) is 0 Å². The van der Waals surface area contributed by atoms with Crippen LogP contribution in [0, 0.1) is 6.92 Å². The van der Waals surface area contributed by atoms with Gasteiger partial charge in [0.05, 0.1) is 0 Å². The predicted octanol–water partition coefficient (Wildman–Crippen LogP) is 4.08. The van der Waals surface area contributed by atoms with Crippen LogP contribution in [0.4, 0.5) is 0 Å². The molecule has 2 nitrogen and oxygen atoms in total. The molecule has 0 N–H and O–H groups in total. The van der Waals surface area contributed by atoms with Gasteiger partial charge in [0.2, 0.25) is 5.88 Å². The smallest absolute Gasteiger partial charge is 0.222 e. The minimum Gasteiger partial charge on any atom is -0.439 e. The second-order valence-corrected chi connectivity index (χ2v) is 4.08. The topological polar surface area (TPSA) is 22.1 Å². The number of aryl methyl sites for hydroxylation is 1. The number of benzene rings is 1. The van der Waals surface area contributed by atoms with Crippen molar-refractivity contribution in [2.45, 2.75) is 12.3 Å². The van der Waals surface area contributed by atoms with E-state index in [-0.39, 0.29) is 0 Å². The maximum Gasteiger partial charge on any atom is 0.222 e. The first kappa shape index (κ1) is 11.1. The largest absolute Gasteiger partial charge is 0.439 e. The molecule has 0 spiro atoms. The van der Waals surface area contributed by atoms with Gasteiger partial charge in [-0.2, -0.15) is 0 Å². The lowest BCUT2D eigenvalue weighted by atomic mass is 10.2. The van der Waals surface area contributed by atoms with Gasteiger partial charge < -0.3 is 4.74 Å². The monoisotopic (exact) mass is 277 g/mol. The zero-order valence-electron chi connectivity index (χ0n) is 8.98. The lowest BCUT2D eigenvalue weighted by Crippen LogP contribution is -1.92. The molecule has 82 valence electrons. The number of hydrogen-bond donors (Lipinski definition) is 0. The molecule has 0 fully saturated rings. The third kappa shape index (κ3) is 2.61. The van der Waals surface area contributed by atoms with Gasteiger partial charge in [0.1, 0.15) is 5.75 Å². The van der Waals surface area contributed by atoms with E-state index in [0.717, 1.165) is 22.2 Å². The van der Waals surface area contributed by atoms with Crippen molar-refractivity contribution in [1.82, 2.24) is 4.98 Å². The first-order chi connectivity index (χ1) is 7.79. The van der Waals surface area contributed by atoms with E-state index in [1.54, 1.807) is 0 Å². The Morgan fingerprint density at radius 2 is 2.00 bits per heavy atom. The third-order valence-electron chi connectivity index (χ3n) is 2.20. The standard InChI is InChI=1S/C13H12BrNO/c1-10-7-11(8-14)9-15-13(10)16-12-5-3-2-4-6-12/h2-7,9H,8H2,1H3. The predicted molar refractivity (Wildman–Crippen MR) is 68.1 cm³/mol. The summed E-state index contributed by atoms with van der Waals surface area (Å²) in [5.74, 6) is 1.47. The molecule has 0 saturated carbocycles. The van der Waals surface area contributed by atoms with Crippen LogP contribution in [0.25, 0.3) is 0 Å². The van der Waals surface area contributed by atoms with E-state index in [0.29, 0.717) is 5.88 Å². The van der Waals surface area contributed by atoms with Gasteiger partial charge in [0.25, 0.3) is 0 Å². The Morgan fingerprint density at radius 1 is 1.25 bits per heavy atom. The SMILES string of the molecule is Cc1cc(CBr)cnc1Oc1ccccc1. The van der Waals surface area contributed by atoms with Crippen LogP contribution in [0.2, 0.25) is 0 Å². The third-order valence-corrected chi connectivity index (χ3v) is 2.85. The number of aromatic nitrogens is 1. The van der Waals surface area contributed by atoms with Crippen LogP contribution in [0.1, 0.15) is 11.1 Å². The molecule has 0 bridgehead atoms. The van der Waals surface area contributed by atoms with Crippen LogP contribution in [-0.2, 0) is 5.33 Å². The molecular weight excluding hydrogens is 266 g/mol. The zero-order chi connectivity index (χ0) is 11.4. The Labute approximate surface area is 103 Å². The molecule has 3 heteroatoms. The summed E-state index contributed by atoms with van der Waals surface area (Å²) >= 11 is 3.40. The van der Waals surface area contributed by atoms with Gasteiger partial charge in [0.15, 0.2) is 0 Å². The fraction of sp³-hybridized carbons (Fsp3) is 0.154. The Hall–Kier alpha value is -1.35. The van der Waals surface area contributed by atoms with Gasteiger partial charge >= 0.3 is 0 Å². The summed E-state index contributed by atoms with van der Waals surface area (Å²) in [7, 11) is 0. The van der Waals surface area contributed by atoms with Crippen LogP contribution in [0.3, 0.4) is 0 Å². The van der Waals surface area contributed by atoms with E-state index in [1.165, 1.54) is 0 Å². The summed E-state index contributed by atoms with van der Waals surface area (Å²) in [5.41, 5.74) is 2.19. The highest BCUT2D eigenvalue weighted by atomic mass is 79.9. The summed E-state index contributed by atoms with van der Waals surface area (Å²) < 4.78 is 5.68. The zero-order valence-corrected chi connectivity index (χ0v) is 10.6. The van der Waals surface area contributed by atoms with E-state index < -0.39 is 0 Å². The van der Waals surface area contributed by atoms with Crippen LogP contribution >= 0.6 is 15.9 Å². The molecule has 0 aliphatic heterocycles. The summed E-state index contributed by atoms with van der Waals surface area (Å²) in [6.45, 7) is 2.00. The lowest BCUT2D eigenvalue weighted by molar-refractivity contribution is 0.458. The first-order valence-corrected chi connectivity index (χ1v) is 6.16. The van der Waals surface area contributed by atoms with Crippen molar-refractivity contribution in [3.8, 4) is 11.6 Å². The van der Waals surface area contributed by atoms with E-state index in [4.69, 9.17) is 4.74 Å². The first-order valence-electron chi connectivity index (χ1n) is 5.04. The Morgan fingerprint density at radius 3 is 2.62 bits per heavy atom. The van der Waals surface area contributed by atoms with Gasteiger partial charge in [-0.15, -0.1) is 0 Å². The molecule has 0 radical (unpaired) electrons. The summed E-state index contributed by atoms with van der Waals surface area (Å²) in [5, 5.41) is 0.812. The van der Waals surface area contributed by atoms with Crippen molar-refractivity contribution in [3.63, 3.8) is 0 Å². The second kappa shape index (κ2) is 5.12. The average molecular weight is 278 g/mol. The minimum absolute atomic E-state index is 0.663. The molecule has 0 atom stereocenters. The molecule has 0 aliphatic rings. The maximum atomic E-state index is 5.68. The quantitative estimate of drug-likeness (QED) is 0.789. The summed E-state index contributed by atoms with van der Waals surface area (Å²) in [4.78, 5) is 4.29. The molecule has 1 aromatic carbocycles. The average Bonchev–Trinajstić information content (AvgIpc) is 2.33. The van der Waals surface area contributed by atoms with E-state index in [1.807, 2.05) is 43.5 Å². The second-order valence-electron chi connectivity index (χ2n) is 3.51.